The van der Waals surface area contributed by atoms with Gasteiger partial charge in [0.05, 0.1) is 4.90 Å². The lowest BCUT2D eigenvalue weighted by molar-refractivity contribution is 0.584. The Balaban J connectivity index is 2.35. The Morgan fingerprint density at radius 1 is 1.26 bits per heavy atom. The summed E-state index contributed by atoms with van der Waals surface area (Å²) in [5.41, 5.74) is 6.78. The van der Waals surface area contributed by atoms with Gasteiger partial charge in [-0.1, -0.05) is 6.07 Å². The number of hydrogen-bond donors (Lipinski definition) is 2. The van der Waals surface area contributed by atoms with Crippen LogP contribution in [0.25, 0.3) is 0 Å². The predicted molar refractivity (Wildman–Crippen MR) is 70.6 cm³/mol. The molecular formula is C12H12FN3O2S. The van der Waals surface area contributed by atoms with Crippen molar-refractivity contribution in [1.29, 1.82) is 0 Å². The first-order valence-corrected chi connectivity index (χ1v) is 6.88. The number of benzene rings is 1. The van der Waals surface area contributed by atoms with Gasteiger partial charge in [-0.2, -0.15) is 4.39 Å². The predicted octanol–water partition coefficient (Wildman–Crippen LogP) is 1.91. The van der Waals surface area contributed by atoms with Gasteiger partial charge in [0.25, 0.3) is 10.0 Å². The Morgan fingerprint density at radius 2 is 2.00 bits per heavy atom. The van der Waals surface area contributed by atoms with Gasteiger partial charge in [-0.25, -0.2) is 13.4 Å². The van der Waals surface area contributed by atoms with E-state index in [4.69, 9.17) is 5.73 Å². The molecule has 0 atom stereocenters. The number of pyridine rings is 1. The van der Waals surface area contributed by atoms with Crippen LogP contribution in [0.4, 0.5) is 15.9 Å². The normalized spacial score (nSPS) is 11.3. The molecule has 2 aromatic rings. The molecule has 0 saturated heterocycles. The molecule has 0 saturated carbocycles. The second-order valence-corrected chi connectivity index (χ2v) is 5.65. The molecule has 19 heavy (non-hydrogen) atoms. The van der Waals surface area contributed by atoms with Gasteiger partial charge in [-0.3, -0.25) is 4.72 Å². The van der Waals surface area contributed by atoms with E-state index in [9.17, 15) is 12.8 Å². The highest BCUT2D eigenvalue weighted by Crippen LogP contribution is 2.19. The van der Waals surface area contributed by atoms with Crippen molar-refractivity contribution in [1.82, 2.24) is 4.98 Å². The van der Waals surface area contributed by atoms with Crippen molar-refractivity contribution in [2.75, 3.05) is 10.5 Å². The topological polar surface area (TPSA) is 85.1 Å². The van der Waals surface area contributed by atoms with Crippen LogP contribution >= 0.6 is 0 Å². The summed E-state index contributed by atoms with van der Waals surface area (Å²) in [6, 6.07) is 8.19. The molecule has 0 bridgehead atoms. The summed E-state index contributed by atoms with van der Waals surface area (Å²) in [6.07, 6.45) is 0. The molecule has 1 aromatic heterocycles. The van der Waals surface area contributed by atoms with Crippen molar-refractivity contribution in [3.05, 3.63) is 47.9 Å². The summed E-state index contributed by atoms with van der Waals surface area (Å²) in [6.45, 7) is 1.70. The zero-order chi connectivity index (χ0) is 14.0. The average Bonchev–Trinajstić information content (AvgIpc) is 2.32. The third kappa shape index (κ3) is 3.00. The van der Waals surface area contributed by atoms with Gasteiger partial charge in [0.2, 0.25) is 5.95 Å². The fraction of sp³-hybridized carbons (Fsp3) is 0.0833. The van der Waals surface area contributed by atoms with Gasteiger partial charge in [-0.05, 0) is 42.8 Å². The van der Waals surface area contributed by atoms with Crippen molar-refractivity contribution in [3.63, 3.8) is 0 Å². The molecular weight excluding hydrogens is 269 g/mol. The molecule has 0 unspecified atom stereocenters. The van der Waals surface area contributed by atoms with Crippen LogP contribution in [0.5, 0.6) is 0 Å². The molecule has 0 spiro atoms. The van der Waals surface area contributed by atoms with Crippen molar-refractivity contribution >= 4 is 21.5 Å². The SMILES string of the molecule is Cc1cc(S(=O)(=O)Nc2cccc(F)n2)ccc1N. The number of nitrogens with zero attached hydrogens (tertiary/aromatic N) is 1. The highest BCUT2D eigenvalue weighted by atomic mass is 32.2. The number of nitrogens with one attached hydrogen (secondary N) is 1. The fourth-order valence-corrected chi connectivity index (χ4v) is 2.56. The van der Waals surface area contributed by atoms with Gasteiger partial charge in [0.15, 0.2) is 0 Å². The van der Waals surface area contributed by atoms with Crippen LogP contribution in [0, 0.1) is 12.9 Å². The summed E-state index contributed by atoms with van der Waals surface area (Å²) in [4.78, 5) is 3.49. The maximum absolute atomic E-state index is 12.9. The molecule has 1 aromatic carbocycles. The minimum atomic E-state index is -3.80. The average molecular weight is 281 g/mol. The van der Waals surface area contributed by atoms with Gasteiger partial charge in [0, 0.05) is 5.69 Å². The number of hydrogen-bond acceptors (Lipinski definition) is 4. The van der Waals surface area contributed by atoms with Crippen LogP contribution in [0.1, 0.15) is 5.56 Å². The van der Waals surface area contributed by atoms with E-state index in [0.29, 0.717) is 11.3 Å². The van der Waals surface area contributed by atoms with E-state index in [-0.39, 0.29) is 10.7 Å². The largest absolute Gasteiger partial charge is 0.399 e. The van der Waals surface area contributed by atoms with E-state index >= 15 is 0 Å². The Hall–Kier alpha value is -2.15. The number of nitrogens with two attached hydrogens (primary N) is 1. The van der Waals surface area contributed by atoms with Crippen molar-refractivity contribution in [3.8, 4) is 0 Å². The van der Waals surface area contributed by atoms with Gasteiger partial charge in [-0.15, -0.1) is 0 Å². The Kier molecular flexibility index (Phi) is 3.39. The second kappa shape index (κ2) is 4.85. The Labute approximate surface area is 110 Å². The van der Waals surface area contributed by atoms with Crippen LogP contribution < -0.4 is 10.5 Å². The van der Waals surface area contributed by atoms with E-state index < -0.39 is 16.0 Å². The first-order valence-electron chi connectivity index (χ1n) is 5.40. The maximum atomic E-state index is 12.9. The van der Waals surface area contributed by atoms with E-state index in [2.05, 4.69) is 9.71 Å². The number of halogens is 1. The van der Waals surface area contributed by atoms with Crippen LogP contribution in [0.15, 0.2) is 41.3 Å². The first kappa shape index (κ1) is 13.3. The number of aromatic nitrogens is 1. The molecule has 0 amide bonds. The van der Waals surface area contributed by atoms with Crippen LogP contribution in [-0.2, 0) is 10.0 Å². The number of sulfonamides is 1. The van der Waals surface area contributed by atoms with Crippen molar-refractivity contribution in [2.24, 2.45) is 0 Å². The highest BCUT2D eigenvalue weighted by molar-refractivity contribution is 7.92. The number of nitrogen functional groups attached to an aromatic ring is 1. The quantitative estimate of drug-likeness (QED) is 0.665. The molecule has 7 heteroatoms. The van der Waals surface area contributed by atoms with Crippen LogP contribution in [0.2, 0.25) is 0 Å². The summed E-state index contributed by atoms with van der Waals surface area (Å²) >= 11 is 0. The third-order valence-corrected chi connectivity index (χ3v) is 3.86. The molecule has 3 N–H and O–H groups in total. The van der Waals surface area contributed by atoms with Crippen LogP contribution in [-0.4, -0.2) is 13.4 Å². The van der Waals surface area contributed by atoms with Gasteiger partial charge < -0.3 is 5.73 Å². The molecule has 0 aliphatic carbocycles. The monoisotopic (exact) mass is 281 g/mol. The lowest BCUT2D eigenvalue weighted by Crippen LogP contribution is -2.14. The zero-order valence-corrected chi connectivity index (χ0v) is 10.9. The molecule has 1 heterocycles. The van der Waals surface area contributed by atoms with E-state index in [0.717, 1.165) is 6.07 Å². The van der Waals surface area contributed by atoms with E-state index in [1.165, 1.54) is 30.3 Å². The smallest absolute Gasteiger partial charge is 0.263 e. The molecule has 0 fully saturated rings. The highest BCUT2D eigenvalue weighted by Gasteiger charge is 2.15. The lowest BCUT2D eigenvalue weighted by atomic mass is 10.2. The van der Waals surface area contributed by atoms with Crippen molar-refractivity contribution in [2.45, 2.75) is 11.8 Å². The fourth-order valence-electron chi connectivity index (χ4n) is 1.48. The van der Waals surface area contributed by atoms with E-state index in [1.54, 1.807) is 6.92 Å². The second-order valence-electron chi connectivity index (χ2n) is 3.97. The van der Waals surface area contributed by atoms with Crippen LogP contribution in [0.3, 0.4) is 0 Å². The molecule has 0 radical (unpaired) electrons. The summed E-state index contributed by atoms with van der Waals surface area (Å²) in [7, 11) is -3.80. The summed E-state index contributed by atoms with van der Waals surface area (Å²) < 4.78 is 39.2. The van der Waals surface area contributed by atoms with Gasteiger partial charge >= 0.3 is 0 Å². The molecule has 2 rings (SSSR count). The standard InChI is InChI=1S/C12H12FN3O2S/c1-8-7-9(5-6-10(8)14)19(17,18)16-12-4-2-3-11(13)15-12/h2-7H,14H2,1H3,(H,15,16). The minimum Gasteiger partial charge on any atom is -0.399 e. The maximum Gasteiger partial charge on any atom is 0.263 e. The minimum absolute atomic E-state index is 0.0465. The Morgan fingerprint density at radius 3 is 2.63 bits per heavy atom. The Bertz CT molecular complexity index is 717. The first-order chi connectivity index (χ1) is 8.88. The zero-order valence-electron chi connectivity index (χ0n) is 10.1. The number of rotatable bonds is 3. The molecule has 5 nitrogen and oxygen atoms in total. The molecule has 0 aliphatic rings. The summed E-state index contributed by atoms with van der Waals surface area (Å²) in [5.74, 6) is -0.830. The number of aryl methyl sites for hydroxylation is 1. The molecule has 0 aliphatic heterocycles. The van der Waals surface area contributed by atoms with E-state index in [1.807, 2.05) is 0 Å². The van der Waals surface area contributed by atoms with Gasteiger partial charge in [0.1, 0.15) is 5.82 Å². The molecule has 100 valence electrons. The van der Waals surface area contributed by atoms with Crippen molar-refractivity contribution < 1.29 is 12.8 Å². The summed E-state index contributed by atoms with van der Waals surface area (Å²) in [5, 5.41) is 0. The third-order valence-electron chi connectivity index (χ3n) is 2.51. The number of anilines is 2. The lowest BCUT2D eigenvalue weighted by Gasteiger charge is -2.08.